The molecule has 1 atom stereocenters. The molecule has 1 amide bonds. The maximum atomic E-state index is 12.8. The number of rotatable bonds is 5. The SMILES string of the molecule is COc1ccc(NC(=O)C(C)N2CCCN(c3nc4ccccc4[nH]3)CC2)cc1Cl. The summed E-state index contributed by atoms with van der Waals surface area (Å²) in [5.41, 5.74) is 2.68. The number of carbonyl (C=O) groups is 1. The molecule has 0 saturated carbocycles. The van der Waals surface area contributed by atoms with Crippen molar-refractivity contribution in [2.45, 2.75) is 19.4 Å². The van der Waals surface area contributed by atoms with Crippen LogP contribution in [0, 0.1) is 0 Å². The van der Waals surface area contributed by atoms with E-state index in [1.54, 1.807) is 25.3 Å². The number of amides is 1. The zero-order chi connectivity index (χ0) is 21.1. The van der Waals surface area contributed by atoms with Crippen LogP contribution in [0.15, 0.2) is 42.5 Å². The van der Waals surface area contributed by atoms with E-state index in [0.29, 0.717) is 16.5 Å². The number of hydrogen-bond donors (Lipinski definition) is 2. The number of carbonyl (C=O) groups excluding carboxylic acids is 1. The smallest absolute Gasteiger partial charge is 0.241 e. The van der Waals surface area contributed by atoms with Crippen LogP contribution in [0.3, 0.4) is 0 Å². The van der Waals surface area contributed by atoms with Crippen molar-refractivity contribution in [3.63, 3.8) is 0 Å². The van der Waals surface area contributed by atoms with Crippen molar-refractivity contribution in [3.05, 3.63) is 47.5 Å². The summed E-state index contributed by atoms with van der Waals surface area (Å²) in [6, 6.07) is 13.0. The van der Waals surface area contributed by atoms with Crippen LogP contribution < -0.4 is 15.0 Å². The molecule has 4 rings (SSSR count). The van der Waals surface area contributed by atoms with Gasteiger partial charge in [-0.25, -0.2) is 4.98 Å². The van der Waals surface area contributed by atoms with Gasteiger partial charge < -0.3 is 19.9 Å². The van der Waals surface area contributed by atoms with Crippen molar-refractivity contribution in [3.8, 4) is 5.75 Å². The Hall–Kier alpha value is -2.77. The molecule has 30 heavy (non-hydrogen) atoms. The Bertz CT molecular complexity index is 1000. The van der Waals surface area contributed by atoms with Gasteiger partial charge >= 0.3 is 0 Å². The third-order valence-electron chi connectivity index (χ3n) is 5.55. The van der Waals surface area contributed by atoms with Crippen LogP contribution in [0.2, 0.25) is 5.02 Å². The normalized spacial score (nSPS) is 16.3. The van der Waals surface area contributed by atoms with Crippen LogP contribution in [0.5, 0.6) is 5.75 Å². The van der Waals surface area contributed by atoms with Gasteiger partial charge in [0.2, 0.25) is 11.9 Å². The largest absolute Gasteiger partial charge is 0.495 e. The number of fused-ring (bicyclic) bond motifs is 1. The highest BCUT2D eigenvalue weighted by atomic mass is 35.5. The average Bonchev–Trinajstić information content (AvgIpc) is 3.03. The van der Waals surface area contributed by atoms with Crippen LogP contribution in [0.4, 0.5) is 11.6 Å². The van der Waals surface area contributed by atoms with Gasteiger partial charge in [-0.3, -0.25) is 9.69 Å². The Labute approximate surface area is 181 Å². The molecule has 1 saturated heterocycles. The standard InChI is InChI=1S/C22H26ClN5O2/c1-15(21(29)24-16-8-9-20(30-2)17(23)14-16)27-10-5-11-28(13-12-27)22-25-18-6-3-4-7-19(18)26-22/h3-4,6-9,14-15H,5,10-13H2,1-2H3,(H,24,29)(H,25,26). The van der Waals surface area contributed by atoms with Crippen molar-refractivity contribution in [2.75, 3.05) is 43.5 Å². The second-order valence-corrected chi connectivity index (χ2v) is 7.88. The summed E-state index contributed by atoms with van der Waals surface area (Å²) >= 11 is 6.17. The topological polar surface area (TPSA) is 73.5 Å². The molecule has 0 spiro atoms. The lowest BCUT2D eigenvalue weighted by Gasteiger charge is -2.27. The molecular formula is C22H26ClN5O2. The lowest BCUT2D eigenvalue weighted by molar-refractivity contribution is -0.120. The summed E-state index contributed by atoms with van der Waals surface area (Å²) in [4.78, 5) is 25.4. The second kappa shape index (κ2) is 8.93. The minimum absolute atomic E-state index is 0.0478. The number of H-pyrrole nitrogens is 1. The molecule has 2 N–H and O–H groups in total. The van der Waals surface area contributed by atoms with Gasteiger partial charge in [-0.1, -0.05) is 23.7 Å². The number of aromatic amines is 1. The number of nitrogens with one attached hydrogen (secondary N) is 2. The van der Waals surface area contributed by atoms with E-state index in [2.05, 4.69) is 20.1 Å². The molecule has 1 fully saturated rings. The van der Waals surface area contributed by atoms with Crippen molar-refractivity contribution in [1.82, 2.24) is 14.9 Å². The number of hydrogen-bond acceptors (Lipinski definition) is 5. The molecule has 0 radical (unpaired) electrons. The Balaban J connectivity index is 1.38. The number of methoxy groups -OCH3 is 1. The fourth-order valence-electron chi connectivity index (χ4n) is 3.78. The van der Waals surface area contributed by atoms with Gasteiger partial charge in [0.15, 0.2) is 0 Å². The van der Waals surface area contributed by atoms with Crippen LogP contribution in [0.1, 0.15) is 13.3 Å². The van der Waals surface area contributed by atoms with Crippen LogP contribution >= 0.6 is 11.6 Å². The van der Waals surface area contributed by atoms with E-state index >= 15 is 0 Å². The van der Waals surface area contributed by atoms with E-state index in [1.807, 2.05) is 31.2 Å². The summed E-state index contributed by atoms with van der Waals surface area (Å²) in [6.45, 7) is 5.30. The van der Waals surface area contributed by atoms with E-state index in [4.69, 9.17) is 21.3 Å². The summed E-state index contributed by atoms with van der Waals surface area (Å²) < 4.78 is 5.16. The third kappa shape index (κ3) is 4.37. The van der Waals surface area contributed by atoms with E-state index in [1.165, 1.54) is 0 Å². The summed E-state index contributed by atoms with van der Waals surface area (Å²) in [5.74, 6) is 1.43. The predicted molar refractivity (Wildman–Crippen MR) is 121 cm³/mol. The Morgan fingerprint density at radius 3 is 2.80 bits per heavy atom. The monoisotopic (exact) mass is 427 g/mol. The van der Waals surface area contributed by atoms with Crippen LogP contribution in [-0.2, 0) is 4.79 Å². The molecule has 158 valence electrons. The maximum Gasteiger partial charge on any atom is 0.241 e. The van der Waals surface area contributed by atoms with Crippen LogP contribution in [0.25, 0.3) is 11.0 Å². The highest BCUT2D eigenvalue weighted by Crippen LogP contribution is 2.27. The Morgan fingerprint density at radius 2 is 2.03 bits per heavy atom. The predicted octanol–water partition coefficient (Wildman–Crippen LogP) is 3.76. The van der Waals surface area contributed by atoms with Crippen molar-refractivity contribution < 1.29 is 9.53 Å². The highest BCUT2D eigenvalue weighted by Gasteiger charge is 2.25. The number of anilines is 2. The summed E-state index contributed by atoms with van der Waals surface area (Å²) in [6.07, 6.45) is 0.961. The number of imidazole rings is 1. The van der Waals surface area contributed by atoms with Crippen molar-refractivity contribution in [1.29, 1.82) is 0 Å². The molecule has 1 aromatic heterocycles. The number of nitrogens with zero attached hydrogens (tertiary/aromatic N) is 3. The van der Waals surface area contributed by atoms with Gasteiger partial charge in [-0.2, -0.15) is 0 Å². The molecule has 0 bridgehead atoms. The zero-order valence-electron chi connectivity index (χ0n) is 17.2. The lowest BCUT2D eigenvalue weighted by Crippen LogP contribution is -2.44. The van der Waals surface area contributed by atoms with Crippen molar-refractivity contribution in [2.24, 2.45) is 0 Å². The summed E-state index contributed by atoms with van der Waals surface area (Å²) in [7, 11) is 1.56. The fraction of sp³-hybridized carbons (Fsp3) is 0.364. The fourth-order valence-corrected chi connectivity index (χ4v) is 4.04. The first-order valence-corrected chi connectivity index (χ1v) is 10.5. The van der Waals surface area contributed by atoms with Gasteiger partial charge in [0.25, 0.3) is 0 Å². The molecule has 0 aliphatic carbocycles. The van der Waals surface area contributed by atoms with Crippen molar-refractivity contribution >= 4 is 40.2 Å². The molecular weight excluding hydrogens is 402 g/mol. The van der Waals surface area contributed by atoms with E-state index in [9.17, 15) is 4.79 Å². The molecule has 1 aliphatic heterocycles. The molecule has 2 heterocycles. The molecule has 3 aromatic rings. The third-order valence-corrected chi connectivity index (χ3v) is 5.85. The zero-order valence-corrected chi connectivity index (χ0v) is 17.9. The van der Waals surface area contributed by atoms with Gasteiger partial charge in [0.05, 0.1) is 29.2 Å². The second-order valence-electron chi connectivity index (χ2n) is 7.47. The molecule has 7 nitrogen and oxygen atoms in total. The molecule has 1 aliphatic rings. The van der Waals surface area contributed by atoms with Gasteiger partial charge in [0.1, 0.15) is 5.75 Å². The number of para-hydroxylation sites is 2. The van der Waals surface area contributed by atoms with E-state index in [0.717, 1.165) is 49.6 Å². The number of halogens is 1. The first-order valence-electron chi connectivity index (χ1n) is 10.1. The molecule has 2 aromatic carbocycles. The quantitative estimate of drug-likeness (QED) is 0.648. The molecule has 1 unspecified atom stereocenters. The van der Waals surface area contributed by atoms with Gasteiger partial charge in [-0.15, -0.1) is 0 Å². The van der Waals surface area contributed by atoms with Gasteiger partial charge in [0, 0.05) is 31.9 Å². The first-order chi connectivity index (χ1) is 14.5. The lowest BCUT2D eigenvalue weighted by atomic mass is 10.2. The minimum atomic E-state index is -0.249. The average molecular weight is 428 g/mol. The Morgan fingerprint density at radius 1 is 1.20 bits per heavy atom. The van der Waals surface area contributed by atoms with E-state index < -0.39 is 0 Å². The number of ether oxygens (including phenoxy) is 1. The summed E-state index contributed by atoms with van der Waals surface area (Å²) in [5, 5.41) is 3.43. The Kier molecular flexibility index (Phi) is 6.11. The number of aromatic nitrogens is 2. The molecule has 8 heteroatoms. The number of benzene rings is 2. The maximum absolute atomic E-state index is 12.8. The van der Waals surface area contributed by atoms with Crippen LogP contribution in [-0.4, -0.2) is 60.1 Å². The minimum Gasteiger partial charge on any atom is -0.495 e. The highest BCUT2D eigenvalue weighted by molar-refractivity contribution is 6.32. The van der Waals surface area contributed by atoms with E-state index in [-0.39, 0.29) is 11.9 Å². The first kappa shape index (κ1) is 20.5. The van der Waals surface area contributed by atoms with Gasteiger partial charge in [-0.05, 0) is 43.7 Å².